The molecule has 0 saturated carbocycles. The minimum atomic E-state index is 0.599. The summed E-state index contributed by atoms with van der Waals surface area (Å²) in [5.74, 6) is 0.909. The van der Waals surface area contributed by atoms with E-state index in [4.69, 9.17) is 4.74 Å². The molecule has 0 aliphatic carbocycles. The lowest BCUT2D eigenvalue weighted by atomic mass is 10.2. The van der Waals surface area contributed by atoms with Crippen molar-refractivity contribution in [2.45, 2.75) is 33.3 Å². The van der Waals surface area contributed by atoms with Crippen molar-refractivity contribution in [3.8, 4) is 5.75 Å². The summed E-state index contributed by atoms with van der Waals surface area (Å²) < 4.78 is 5.87. The Balaban J connectivity index is 2.09. The number of rotatable bonds is 5. The number of benzene rings is 1. The molecule has 0 unspecified atom stereocenters. The van der Waals surface area contributed by atoms with Crippen LogP contribution in [-0.2, 0) is 13.0 Å². The van der Waals surface area contributed by atoms with Crippen LogP contribution in [0.15, 0.2) is 42.5 Å². The van der Waals surface area contributed by atoms with Crippen molar-refractivity contribution < 1.29 is 4.74 Å². The Morgan fingerprint density at radius 3 is 2.56 bits per heavy atom. The molecule has 0 bridgehead atoms. The quantitative estimate of drug-likeness (QED) is 0.791. The van der Waals surface area contributed by atoms with Gasteiger partial charge >= 0.3 is 0 Å². The van der Waals surface area contributed by atoms with Crippen LogP contribution in [0.5, 0.6) is 5.75 Å². The molecule has 1 heterocycles. The SMILES string of the molecule is CCCc1nc(C)ccc1OCc1ccccc1. The standard InChI is InChI=1S/C16H19NO/c1-3-7-15-16(11-10-13(2)17-15)18-12-14-8-5-4-6-9-14/h4-6,8-11H,3,7,12H2,1-2H3. The Bertz CT molecular complexity index is 494. The molecule has 0 atom stereocenters. The minimum Gasteiger partial charge on any atom is -0.487 e. The number of hydrogen-bond donors (Lipinski definition) is 0. The monoisotopic (exact) mass is 241 g/mol. The fourth-order valence-electron chi connectivity index (χ4n) is 1.88. The number of ether oxygens (including phenoxy) is 1. The van der Waals surface area contributed by atoms with Crippen LogP contribution in [0.2, 0.25) is 0 Å². The van der Waals surface area contributed by atoms with Gasteiger partial charge in [-0.25, -0.2) is 0 Å². The van der Waals surface area contributed by atoms with Crippen LogP contribution >= 0.6 is 0 Å². The number of nitrogens with zero attached hydrogens (tertiary/aromatic N) is 1. The maximum atomic E-state index is 5.87. The molecule has 0 spiro atoms. The van der Waals surface area contributed by atoms with Crippen LogP contribution in [0, 0.1) is 6.92 Å². The van der Waals surface area contributed by atoms with Gasteiger partial charge in [0.1, 0.15) is 12.4 Å². The predicted octanol–water partition coefficient (Wildman–Crippen LogP) is 3.92. The van der Waals surface area contributed by atoms with Crippen LogP contribution in [0.4, 0.5) is 0 Å². The molecule has 0 N–H and O–H groups in total. The van der Waals surface area contributed by atoms with Crippen molar-refractivity contribution in [3.63, 3.8) is 0 Å². The summed E-state index contributed by atoms with van der Waals surface area (Å²) in [6.07, 6.45) is 2.05. The summed E-state index contributed by atoms with van der Waals surface area (Å²) in [4.78, 5) is 4.55. The smallest absolute Gasteiger partial charge is 0.141 e. The Labute approximate surface area is 109 Å². The third-order valence-electron chi connectivity index (χ3n) is 2.80. The van der Waals surface area contributed by atoms with Gasteiger partial charge in [0.2, 0.25) is 0 Å². The van der Waals surface area contributed by atoms with Gasteiger partial charge in [-0.15, -0.1) is 0 Å². The number of hydrogen-bond acceptors (Lipinski definition) is 2. The molecule has 18 heavy (non-hydrogen) atoms. The lowest BCUT2D eigenvalue weighted by molar-refractivity contribution is 0.301. The van der Waals surface area contributed by atoms with E-state index in [1.807, 2.05) is 37.3 Å². The summed E-state index contributed by atoms with van der Waals surface area (Å²) in [6, 6.07) is 14.2. The van der Waals surface area contributed by atoms with E-state index >= 15 is 0 Å². The first-order valence-corrected chi connectivity index (χ1v) is 6.43. The second-order valence-electron chi connectivity index (χ2n) is 4.42. The second-order valence-corrected chi connectivity index (χ2v) is 4.42. The van der Waals surface area contributed by atoms with Crippen LogP contribution < -0.4 is 4.74 Å². The minimum absolute atomic E-state index is 0.599. The molecule has 0 aliphatic heterocycles. The summed E-state index contributed by atoms with van der Waals surface area (Å²) in [5.41, 5.74) is 3.29. The van der Waals surface area contributed by atoms with Gasteiger partial charge in [-0.3, -0.25) is 4.98 Å². The zero-order chi connectivity index (χ0) is 12.8. The van der Waals surface area contributed by atoms with Crippen molar-refractivity contribution >= 4 is 0 Å². The van der Waals surface area contributed by atoms with Gasteiger partial charge in [0, 0.05) is 5.69 Å². The Morgan fingerprint density at radius 2 is 1.83 bits per heavy atom. The zero-order valence-corrected chi connectivity index (χ0v) is 11.0. The van der Waals surface area contributed by atoms with Crippen LogP contribution in [-0.4, -0.2) is 4.98 Å². The van der Waals surface area contributed by atoms with E-state index in [0.29, 0.717) is 6.61 Å². The highest BCUT2D eigenvalue weighted by Gasteiger charge is 2.05. The first-order valence-electron chi connectivity index (χ1n) is 6.43. The van der Waals surface area contributed by atoms with Gasteiger partial charge in [0.05, 0.1) is 5.69 Å². The molecule has 1 aromatic carbocycles. The molecule has 0 fully saturated rings. The van der Waals surface area contributed by atoms with Crippen molar-refractivity contribution in [2.75, 3.05) is 0 Å². The third-order valence-corrected chi connectivity index (χ3v) is 2.80. The highest BCUT2D eigenvalue weighted by molar-refractivity contribution is 5.30. The second kappa shape index (κ2) is 6.20. The summed E-state index contributed by atoms with van der Waals surface area (Å²) in [5, 5.41) is 0. The summed E-state index contributed by atoms with van der Waals surface area (Å²) in [6.45, 7) is 4.77. The molecule has 0 saturated heterocycles. The predicted molar refractivity (Wildman–Crippen MR) is 73.7 cm³/mol. The van der Waals surface area contributed by atoms with E-state index in [2.05, 4.69) is 24.0 Å². The van der Waals surface area contributed by atoms with Crippen molar-refractivity contribution in [1.82, 2.24) is 4.98 Å². The Morgan fingerprint density at radius 1 is 1.06 bits per heavy atom. The average molecular weight is 241 g/mol. The topological polar surface area (TPSA) is 22.1 Å². The van der Waals surface area contributed by atoms with E-state index in [1.165, 1.54) is 5.56 Å². The van der Waals surface area contributed by atoms with E-state index in [-0.39, 0.29) is 0 Å². The molecular weight excluding hydrogens is 222 g/mol. The zero-order valence-electron chi connectivity index (χ0n) is 11.0. The lowest BCUT2D eigenvalue weighted by Crippen LogP contribution is -2.01. The lowest BCUT2D eigenvalue weighted by Gasteiger charge is -2.11. The van der Waals surface area contributed by atoms with Gasteiger partial charge in [0.15, 0.2) is 0 Å². The van der Waals surface area contributed by atoms with E-state index in [0.717, 1.165) is 30.0 Å². The van der Waals surface area contributed by atoms with E-state index in [1.54, 1.807) is 0 Å². The Hall–Kier alpha value is -1.83. The van der Waals surface area contributed by atoms with Crippen LogP contribution in [0.1, 0.15) is 30.3 Å². The highest BCUT2D eigenvalue weighted by Crippen LogP contribution is 2.19. The molecule has 94 valence electrons. The Kier molecular flexibility index (Phi) is 4.35. The molecule has 1 aromatic heterocycles. The van der Waals surface area contributed by atoms with Crippen LogP contribution in [0.3, 0.4) is 0 Å². The number of pyridine rings is 1. The van der Waals surface area contributed by atoms with Gasteiger partial charge in [-0.2, -0.15) is 0 Å². The highest BCUT2D eigenvalue weighted by atomic mass is 16.5. The van der Waals surface area contributed by atoms with Crippen LogP contribution in [0.25, 0.3) is 0 Å². The normalized spacial score (nSPS) is 10.3. The molecule has 0 aliphatic rings. The molecule has 0 radical (unpaired) electrons. The van der Waals surface area contributed by atoms with Gasteiger partial charge < -0.3 is 4.74 Å². The van der Waals surface area contributed by atoms with Gasteiger partial charge in [-0.05, 0) is 31.0 Å². The molecule has 0 amide bonds. The fraction of sp³-hybridized carbons (Fsp3) is 0.312. The third kappa shape index (κ3) is 3.33. The van der Waals surface area contributed by atoms with Gasteiger partial charge in [-0.1, -0.05) is 43.7 Å². The van der Waals surface area contributed by atoms with Crippen molar-refractivity contribution in [1.29, 1.82) is 0 Å². The number of aromatic nitrogens is 1. The maximum absolute atomic E-state index is 5.87. The molecule has 2 nitrogen and oxygen atoms in total. The van der Waals surface area contributed by atoms with Crippen molar-refractivity contribution in [2.24, 2.45) is 0 Å². The summed E-state index contributed by atoms with van der Waals surface area (Å²) in [7, 11) is 0. The fourth-order valence-corrected chi connectivity index (χ4v) is 1.88. The maximum Gasteiger partial charge on any atom is 0.141 e. The molecule has 2 rings (SSSR count). The van der Waals surface area contributed by atoms with E-state index < -0.39 is 0 Å². The molecular formula is C16H19NO. The van der Waals surface area contributed by atoms with E-state index in [9.17, 15) is 0 Å². The number of aryl methyl sites for hydroxylation is 2. The average Bonchev–Trinajstić information content (AvgIpc) is 2.39. The summed E-state index contributed by atoms with van der Waals surface area (Å²) >= 11 is 0. The first kappa shape index (κ1) is 12.6. The molecule has 2 aromatic rings. The largest absolute Gasteiger partial charge is 0.487 e. The van der Waals surface area contributed by atoms with Gasteiger partial charge in [0.25, 0.3) is 0 Å². The first-order chi connectivity index (χ1) is 8.79. The van der Waals surface area contributed by atoms with Crippen molar-refractivity contribution in [3.05, 3.63) is 59.4 Å². The molecule has 2 heteroatoms.